The minimum atomic E-state index is -0.706. The van der Waals surface area contributed by atoms with E-state index in [9.17, 15) is 14.0 Å². The molecule has 90 valence electrons. The van der Waals surface area contributed by atoms with E-state index in [0.29, 0.717) is 18.4 Å². The molecule has 0 saturated carbocycles. The molecule has 0 heterocycles. The van der Waals surface area contributed by atoms with E-state index in [4.69, 9.17) is 0 Å². The van der Waals surface area contributed by atoms with Gasteiger partial charge in [-0.25, -0.2) is 9.18 Å². The maximum Gasteiger partial charge on any atom is 0.340 e. The number of ether oxygens (including phenoxy) is 1. The second kappa shape index (κ2) is 4.65. The lowest BCUT2D eigenvalue weighted by atomic mass is 9.99. The number of aryl methyl sites for hydroxylation is 1. The summed E-state index contributed by atoms with van der Waals surface area (Å²) < 4.78 is 18.2. The third-order valence-electron chi connectivity index (χ3n) is 3.00. The number of rotatable bonds is 1. The Kier molecular flexibility index (Phi) is 3.22. The molecule has 1 aliphatic rings. The number of Topliss-reactive ketones (excluding diaryl/α,β-unsaturated/α-hetero) is 1. The number of hydrogen-bond acceptors (Lipinski definition) is 3. The first kappa shape index (κ1) is 11.8. The van der Waals surface area contributed by atoms with Gasteiger partial charge >= 0.3 is 5.97 Å². The van der Waals surface area contributed by atoms with Crippen molar-refractivity contribution in [1.29, 1.82) is 0 Å². The van der Waals surface area contributed by atoms with E-state index >= 15 is 0 Å². The molecule has 0 bridgehead atoms. The molecule has 0 fully saturated rings. The standard InChI is InChI=1S/C13H13FO3/c1-17-13(16)10-6-8-4-2-3-5-12(15)9(8)7-11(10)14/h6-7H,2-5H2,1H3. The largest absolute Gasteiger partial charge is 0.465 e. The Balaban J connectivity index is 2.52. The van der Waals surface area contributed by atoms with Crippen molar-refractivity contribution in [2.75, 3.05) is 7.11 Å². The molecule has 2 rings (SSSR count). The molecular formula is C13H13FO3. The van der Waals surface area contributed by atoms with Gasteiger partial charge in [-0.1, -0.05) is 0 Å². The van der Waals surface area contributed by atoms with Crippen LogP contribution in [0, 0.1) is 5.82 Å². The molecule has 4 heteroatoms. The fourth-order valence-corrected chi connectivity index (χ4v) is 2.09. The van der Waals surface area contributed by atoms with E-state index in [1.54, 1.807) is 0 Å². The zero-order valence-electron chi connectivity index (χ0n) is 9.59. The predicted octanol–water partition coefficient (Wildman–Crippen LogP) is 2.52. The van der Waals surface area contributed by atoms with Crippen LogP contribution in [0.2, 0.25) is 0 Å². The minimum absolute atomic E-state index is 0.0483. The summed E-state index contributed by atoms with van der Waals surface area (Å²) in [5.41, 5.74) is 1.06. The number of carbonyl (C=O) groups is 2. The molecule has 0 unspecified atom stereocenters. The van der Waals surface area contributed by atoms with Crippen LogP contribution in [0.1, 0.15) is 45.5 Å². The maximum atomic E-state index is 13.7. The van der Waals surface area contributed by atoms with Gasteiger partial charge in [0.1, 0.15) is 5.82 Å². The lowest BCUT2D eigenvalue weighted by Gasteiger charge is -2.08. The van der Waals surface area contributed by atoms with Gasteiger partial charge in [-0.05, 0) is 37.0 Å². The van der Waals surface area contributed by atoms with Crippen LogP contribution in [0.25, 0.3) is 0 Å². The highest BCUT2D eigenvalue weighted by atomic mass is 19.1. The number of esters is 1. The van der Waals surface area contributed by atoms with Gasteiger partial charge in [-0.3, -0.25) is 4.79 Å². The topological polar surface area (TPSA) is 43.4 Å². The van der Waals surface area contributed by atoms with Gasteiger partial charge in [-0.15, -0.1) is 0 Å². The zero-order chi connectivity index (χ0) is 12.4. The van der Waals surface area contributed by atoms with Crippen molar-refractivity contribution in [2.24, 2.45) is 0 Å². The fraction of sp³-hybridized carbons (Fsp3) is 0.385. The van der Waals surface area contributed by atoms with Crippen LogP contribution in [0.3, 0.4) is 0 Å². The second-order valence-electron chi connectivity index (χ2n) is 4.11. The SMILES string of the molecule is COC(=O)c1cc2c(cc1F)C(=O)CCCC2. The molecule has 0 aromatic heterocycles. The third kappa shape index (κ3) is 2.20. The normalized spacial score (nSPS) is 15.1. The van der Waals surface area contributed by atoms with E-state index in [2.05, 4.69) is 4.74 Å². The summed E-state index contributed by atoms with van der Waals surface area (Å²) in [6.07, 6.45) is 2.84. The van der Waals surface area contributed by atoms with Crippen molar-refractivity contribution in [2.45, 2.75) is 25.7 Å². The van der Waals surface area contributed by atoms with Crippen LogP contribution in [-0.4, -0.2) is 18.9 Å². The minimum Gasteiger partial charge on any atom is -0.465 e. The van der Waals surface area contributed by atoms with E-state index < -0.39 is 11.8 Å². The summed E-state index contributed by atoms with van der Waals surface area (Å²) in [5.74, 6) is -1.44. The summed E-state index contributed by atoms with van der Waals surface area (Å²) >= 11 is 0. The highest BCUT2D eigenvalue weighted by Gasteiger charge is 2.21. The van der Waals surface area contributed by atoms with E-state index in [0.717, 1.165) is 24.5 Å². The highest BCUT2D eigenvalue weighted by molar-refractivity contribution is 5.99. The quantitative estimate of drug-likeness (QED) is 0.556. The molecule has 0 N–H and O–H groups in total. The molecule has 1 aromatic rings. The number of fused-ring (bicyclic) bond motifs is 1. The molecule has 3 nitrogen and oxygen atoms in total. The van der Waals surface area contributed by atoms with Crippen LogP contribution in [0.4, 0.5) is 4.39 Å². The van der Waals surface area contributed by atoms with Crippen LogP contribution < -0.4 is 0 Å². The molecule has 0 spiro atoms. The fourth-order valence-electron chi connectivity index (χ4n) is 2.09. The van der Waals surface area contributed by atoms with Gasteiger partial charge in [0.25, 0.3) is 0 Å². The Morgan fingerprint density at radius 1 is 1.29 bits per heavy atom. The average molecular weight is 236 g/mol. The van der Waals surface area contributed by atoms with Crippen molar-refractivity contribution in [3.8, 4) is 0 Å². The first-order valence-corrected chi connectivity index (χ1v) is 5.57. The molecule has 17 heavy (non-hydrogen) atoms. The van der Waals surface area contributed by atoms with Crippen molar-refractivity contribution in [1.82, 2.24) is 0 Å². The molecule has 0 amide bonds. The van der Waals surface area contributed by atoms with Crippen molar-refractivity contribution in [3.63, 3.8) is 0 Å². The molecular weight excluding hydrogens is 223 g/mol. The molecule has 0 saturated heterocycles. The summed E-state index contributed by atoms with van der Waals surface area (Å²) in [6.45, 7) is 0. The maximum absolute atomic E-state index is 13.7. The van der Waals surface area contributed by atoms with Crippen LogP contribution in [0.15, 0.2) is 12.1 Å². The number of hydrogen-bond donors (Lipinski definition) is 0. The zero-order valence-corrected chi connectivity index (χ0v) is 9.59. The predicted molar refractivity (Wildman–Crippen MR) is 59.6 cm³/mol. The van der Waals surface area contributed by atoms with Crippen molar-refractivity contribution >= 4 is 11.8 Å². The number of methoxy groups -OCH3 is 1. The van der Waals surface area contributed by atoms with Crippen molar-refractivity contribution < 1.29 is 18.7 Å². The van der Waals surface area contributed by atoms with Gasteiger partial charge in [-0.2, -0.15) is 0 Å². The molecule has 0 atom stereocenters. The lowest BCUT2D eigenvalue weighted by Crippen LogP contribution is -2.09. The van der Waals surface area contributed by atoms with Gasteiger partial charge in [0.15, 0.2) is 5.78 Å². The monoisotopic (exact) mass is 236 g/mol. The molecule has 1 aliphatic carbocycles. The van der Waals surface area contributed by atoms with Crippen LogP contribution in [0.5, 0.6) is 0 Å². The molecule has 0 radical (unpaired) electrons. The van der Waals surface area contributed by atoms with Gasteiger partial charge in [0.2, 0.25) is 0 Å². The number of carbonyl (C=O) groups excluding carboxylic acids is 2. The van der Waals surface area contributed by atoms with Gasteiger partial charge in [0.05, 0.1) is 12.7 Å². The number of ketones is 1. The first-order chi connectivity index (χ1) is 8.13. The smallest absolute Gasteiger partial charge is 0.340 e. The summed E-state index contributed by atoms with van der Waals surface area (Å²) in [7, 11) is 1.21. The number of benzene rings is 1. The Labute approximate surface area is 98.6 Å². The highest BCUT2D eigenvalue weighted by Crippen LogP contribution is 2.24. The first-order valence-electron chi connectivity index (χ1n) is 5.57. The molecule has 0 aliphatic heterocycles. The summed E-state index contributed by atoms with van der Waals surface area (Å²) in [5, 5.41) is 0. The van der Waals surface area contributed by atoms with Gasteiger partial charge < -0.3 is 4.74 Å². The van der Waals surface area contributed by atoms with Crippen LogP contribution >= 0.6 is 0 Å². The Hall–Kier alpha value is -1.71. The third-order valence-corrected chi connectivity index (χ3v) is 3.00. The Bertz CT molecular complexity index is 480. The Morgan fingerprint density at radius 3 is 2.71 bits per heavy atom. The summed E-state index contributed by atoms with van der Waals surface area (Å²) in [6, 6.07) is 2.61. The van der Waals surface area contributed by atoms with Crippen LogP contribution in [-0.2, 0) is 11.2 Å². The Morgan fingerprint density at radius 2 is 2.00 bits per heavy atom. The van der Waals surface area contributed by atoms with Crippen molar-refractivity contribution in [3.05, 3.63) is 34.6 Å². The summed E-state index contributed by atoms with van der Waals surface area (Å²) in [4.78, 5) is 23.1. The average Bonchev–Trinajstić information content (AvgIpc) is 2.50. The van der Waals surface area contributed by atoms with E-state index in [1.165, 1.54) is 13.2 Å². The lowest BCUT2D eigenvalue weighted by molar-refractivity contribution is 0.0595. The molecule has 1 aromatic carbocycles. The second-order valence-corrected chi connectivity index (χ2v) is 4.11. The van der Waals surface area contributed by atoms with Gasteiger partial charge in [0, 0.05) is 12.0 Å². The number of halogens is 1. The van der Waals surface area contributed by atoms with E-state index in [1.807, 2.05) is 0 Å². The van der Waals surface area contributed by atoms with E-state index in [-0.39, 0.29) is 11.3 Å².